The number of hydrogen-bond donors (Lipinski definition) is 4. The predicted octanol–water partition coefficient (Wildman–Crippen LogP) is 1.82. The summed E-state index contributed by atoms with van der Waals surface area (Å²) in [7, 11) is 0. The molecule has 26 heavy (non-hydrogen) atoms. The summed E-state index contributed by atoms with van der Waals surface area (Å²) in [6.07, 6.45) is 0. The van der Waals surface area contributed by atoms with E-state index in [4.69, 9.17) is 0 Å². The molecule has 0 atom stereocenters. The number of benzene rings is 1. The van der Waals surface area contributed by atoms with Crippen LogP contribution in [0, 0.1) is 13.8 Å². The van der Waals surface area contributed by atoms with Gasteiger partial charge in [-0.2, -0.15) is 0 Å². The van der Waals surface area contributed by atoms with Crippen molar-refractivity contribution in [1.29, 1.82) is 0 Å². The Hall–Kier alpha value is -2.94. The van der Waals surface area contributed by atoms with Crippen LogP contribution in [0.5, 0.6) is 11.8 Å². The first-order valence-corrected chi connectivity index (χ1v) is 8.42. The molecule has 0 fully saturated rings. The van der Waals surface area contributed by atoms with Crippen LogP contribution < -0.4 is 11.1 Å². The summed E-state index contributed by atoms with van der Waals surface area (Å²) >= 11 is 3.34. The van der Waals surface area contributed by atoms with Crippen molar-refractivity contribution < 1.29 is 10.2 Å². The first-order chi connectivity index (χ1) is 12.3. The third-order valence-corrected chi connectivity index (χ3v) is 4.36. The Morgan fingerprint density at radius 1 is 0.962 bits per heavy atom. The Balaban J connectivity index is 2.40. The molecule has 8 nitrogen and oxygen atoms in total. The minimum Gasteiger partial charge on any atom is -0.493 e. The van der Waals surface area contributed by atoms with E-state index < -0.39 is 28.8 Å². The summed E-state index contributed by atoms with van der Waals surface area (Å²) in [6.45, 7) is 3.05. The molecule has 3 rings (SSSR count). The van der Waals surface area contributed by atoms with Crippen molar-refractivity contribution in [2.45, 2.75) is 19.8 Å². The Labute approximate surface area is 155 Å². The zero-order valence-electron chi connectivity index (χ0n) is 13.9. The Morgan fingerprint density at radius 3 is 1.88 bits per heavy atom. The van der Waals surface area contributed by atoms with Crippen LogP contribution in [0.2, 0.25) is 0 Å². The molecule has 2 aromatic heterocycles. The van der Waals surface area contributed by atoms with Gasteiger partial charge in [0.05, 0.1) is 17.0 Å². The van der Waals surface area contributed by atoms with Crippen LogP contribution in [0.4, 0.5) is 0 Å². The molecule has 0 aliphatic carbocycles. The second kappa shape index (κ2) is 6.75. The molecule has 0 radical (unpaired) electrons. The Bertz CT molecular complexity index is 1040. The SMILES string of the molecule is Cc1nc(O)c(C(c2cccc(Br)c2)c2c(O)nc(C)[nH]c2=O)c(=O)[nH]1. The van der Waals surface area contributed by atoms with Gasteiger partial charge in [-0.15, -0.1) is 0 Å². The molecule has 0 aliphatic rings. The van der Waals surface area contributed by atoms with Crippen molar-refractivity contribution in [1.82, 2.24) is 19.9 Å². The monoisotopic (exact) mass is 418 g/mol. The summed E-state index contributed by atoms with van der Waals surface area (Å²) in [6, 6.07) is 6.84. The largest absolute Gasteiger partial charge is 0.493 e. The van der Waals surface area contributed by atoms with Gasteiger partial charge in [0, 0.05) is 4.47 Å². The highest BCUT2D eigenvalue weighted by molar-refractivity contribution is 9.10. The summed E-state index contributed by atoms with van der Waals surface area (Å²) < 4.78 is 0.701. The molecule has 3 aromatic rings. The third-order valence-electron chi connectivity index (χ3n) is 3.87. The Kier molecular flexibility index (Phi) is 4.64. The highest BCUT2D eigenvalue weighted by Gasteiger charge is 2.30. The number of rotatable bonds is 3. The fraction of sp³-hybridized carbons (Fsp3) is 0.176. The van der Waals surface area contributed by atoms with Gasteiger partial charge in [-0.25, -0.2) is 9.97 Å². The molecule has 0 saturated carbocycles. The van der Waals surface area contributed by atoms with Crippen molar-refractivity contribution in [3.05, 3.63) is 77.8 Å². The quantitative estimate of drug-likeness (QED) is 0.512. The van der Waals surface area contributed by atoms with E-state index in [9.17, 15) is 19.8 Å². The fourth-order valence-corrected chi connectivity index (χ4v) is 3.26. The molecule has 9 heteroatoms. The van der Waals surface area contributed by atoms with E-state index in [1.807, 2.05) is 0 Å². The molecule has 4 N–H and O–H groups in total. The minimum atomic E-state index is -1.07. The molecule has 1 aromatic carbocycles. The summed E-state index contributed by atoms with van der Waals surface area (Å²) in [4.78, 5) is 37.9. The molecule has 2 heterocycles. The van der Waals surface area contributed by atoms with Gasteiger partial charge in [0.1, 0.15) is 11.6 Å². The number of nitrogens with zero attached hydrogens (tertiary/aromatic N) is 2. The molecule has 0 amide bonds. The highest BCUT2D eigenvalue weighted by Crippen LogP contribution is 2.36. The predicted molar refractivity (Wildman–Crippen MR) is 97.6 cm³/mol. The number of H-pyrrole nitrogens is 2. The number of aromatic amines is 2. The lowest BCUT2D eigenvalue weighted by Gasteiger charge is -2.18. The molecule has 134 valence electrons. The maximum Gasteiger partial charge on any atom is 0.258 e. The van der Waals surface area contributed by atoms with Crippen molar-refractivity contribution >= 4 is 15.9 Å². The van der Waals surface area contributed by atoms with Crippen LogP contribution in [0.15, 0.2) is 38.3 Å². The van der Waals surface area contributed by atoms with E-state index in [1.165, 1.54) is 13.8 Å². The van der Waals surface area contributed by atoms with E-state index >= 15 is 0 Å². The average molecular weight is 419 g/mol. The van der Waals surface area contributed by atoms with Gasteiger partial charge in [-0.1, -0.05) is 28.1 Å². The highest BCUT2D eigenvalue weighted by atomic mass is 79.9. The summed E-state index contributed by atoms with van der Waals surface area (Å²) in [5.74, 6) is -1.65. The fourth-order valence-electron chi connectivity index (χ4n) is 2.84. The van der Waals surface area contributed by atoms with Gasteiger partial charge in [0.2, 0.25) is 11.8 Å². The van der Waals surface area contributed by atoms with Crippen LogP contribution in [-0.2, 0) is 0 Å². The van der Waals surface area contributed by atoms with Crippen LogP contribution in [0.3, 0.4) is 0 Å². The van der Waals surface area contributed by atoms with Gasteiger partial charge in [0.25, 0.3) is 11.1 Å². The molecule has 0 bridgehead atoms. The maximum absolute atomic E-state index is 12.5. The zero-order valence-corrected chi connectivity index (χ0v) is 15.5. The smallest absolute Gasteiger partial charge is 0.258 e. The lowest BCUT2D eigenvalue weighted by Crippen LogP contribution is -2.26. The molecule has 0 spiro atoms. The summed E-state index contributed by atoms with van der Waals surface area (Å²) in [5, 5.41) is 20.6. The lowest BCUT2D eigenvalue weighted by molar-refractivity contribution is 0.430. The Morgan fingerprint density at radius 2 is 1.46 bits per heavy atom. The third kappa shape index (κ3) is 3.25. The van der Waals surface area contributed by atoms with Crippen molar-refractivity contribution in [2.75, 3.05) is 0 Å². The normalized spacial score (nSPS) is 11.1. The minimum absolute atomic E-state index is 0.153. The number of nitrogens with one attached hydrogen (secondary N) is 2. The van der Waals surface area contributed by atoms with Crippen LogP contribution in [-0.4, -0.2) is 30.1 Å². The second-order valence-corrected chi connectivity index (χ2v) is 6.68. The molecule has 0 unspecified atom stereocenters. The number of hydrogen-bond acceptors (Lipinski definition) is 6. The first-order valence-electron chi connectivity index (χ1n) is 7.63. The number of aryl methyl sites for hydroxylation is 2. The standard InChI is InChI=1S/C17H15BrN4O4/c1-7-19-14(23)12(15(24)20-7)11(9-4-3-5-10(18)6-9)13-16(25)21-8(2)22-17(13)26/h3-6,11H,1-2H3,(H2,19,20,23,24)(H2,21,22,25,26). The van der Waals surface area contributed by atoms with Crippen LogP contribution in [0.1, 0.15) is 34.3 Å². The van der Waals surface area contributed by atoms with Gasteiger partial charge in [0.15, 0.2) is 0 Å². The van der Waals surface area contributed by atoms with E-state index in [1.54, 1.807) is 24.3 Å². The number of aromatic nitrogens is 4. The van der Waals surface area contributed by atoms with Gasteiger partial charge >= 0.3 is 0 Å². The molecular weight excluding hydrogens is 404 g/mol. The number of aromatic hydroxyl groups is 2. The second-order valence-electron chi connectivity index (χ2n) is 5.77. The van der Waals surface area contributed by atoms with Gasteiger partial charge in [-0.05, 0) is 31.5 Å². The first kappa shape index (κ1) is 17.9. The summed E-state index contributed by atoms with van der Waals surface area (Å²) in [5.41, 5.74) is -1.03. The number of halogens is 1. The van der Waals surface area contributed by atoms with Crippen molar-refractivity contribution in [2.24, 2.45) is 0 Å². The van der Waals surface area contributed by atoms with E-state index in [0.29, 0.717) is 10.0 Å². The molecule has 0 aliphatic heterocycles. The molecule has 0 saturated heterocycles. The van der Waals surface area contributed by atoms with Gasteiger partial charge in [-0.3, -0.25) is 9.59 Å². The lowest BCUT2D eigenvalue weighted by atomic mass is 9.87. The maximum atomic E-state index is 12.5. The van der Waals surface area contributed by atoms with Gasteiger partial charge < -0.3 is 20.2 Å². The zero-order chi connectivity index (χ0) is 19.0. The van der Waals surface area contributed by atoms with Crippen LogP contribution >= 0.6 is 15.9 Å². The van der Waals surface area contributed by atoms with E-state index in [0.717, 1.165) is 0 Å². The van der Waals surface area contributed by atoms with Crippen molar-refractivity contribution in [3.63, 3.8) is 0 Å². The van der Waals surface area contributed by atoms with E-state index in [2.05, 4.69) is 35.9 Å². The molecular formula is C17H15BrN4O4. The average Bonchev–Trinajstić information content (AvgIpc) is 2.51. The van der Waals surface area contributed by atoms with Crippen molar-refractivity contribution in [3.8, 4) is 11.8 Å². The van der Waals surface area contributed by atoms with E-state index in [-0.39, 0.29) is 22.8 Å². The topological polar surface area (TPSA) is 132 Å². The van der Waals surface area contributed by atoms with Crippen LogP contribution in [0.25, 0.3) is 0 Å².